The molecular weight excluding hydrogens is 186 g/mol. The van der Waals surface area contributed by atoms with Gasteiger partial charge in [0, 0.05) is 6.54 Å². The highest BCUT2D eigenvalue weighted by Gasteiger charge is 2.20. The lowest BCUT2D eigenvalue weighted by atomic mass is 10.0. The van der Waals surface area contributed by atoms with Gasteiger partial charge in [-0.25, -0.2) is 0 Å². The second kappa shape index (κ2) is 7.19. The highest BCUT2D eigenvalue weighted by molar-refractivity contribution is 6.30. The second-order valence-corrected chi connectivity index (χ2v) is 3.93. The van der Waals surface area contributed by atoms with Crippen LogP contribution in [0.3, 0.4) is 0 Å². The Bertz CT molecular complexity index is 150. The summed E-state index contributed by atoms with van der Waals surface area (Å²) in [7, 11) is 0. The average molecular weight is 206 g/mol. The SMILES string of the molecule is CCCNC(=O)C(Cl)C(C)CCC. The summed E-state index contributed by atoms with van der Waals surface area (Å²) >= 11 is 5.98. The van der Waals surface area contributed by atoms with Crippen molar-refractivity contribution in [3.63, 3.8) is 0 Å². The van der Waals surface area contributed by atoms with Crippen LogP contribution in [0.5, 0.6) is 0 Å². The molecule has 0 fully saturated rings. The molecule has 0 radical (unpaired) electrons. The molecule has 13 heavy (non-hydrogen) atoms. The minimum Gasteiger partial charge on any atom is -0.355 e. The van der Waals surface area contributed by atoms with E-state index >= 15 is 0 Å². The zero-order chi connectivity index (χ0) is 10.3. The summed E-state index contributed by atoms with van der Waals surface area (Å²) in [5.74, 6) is 0.244. The van der Waals surface area contributed by atoms with Crippen molar-refractivity contribution in [2.24, 2.45) is 5.92 Å². The first-order valence-corrected chi connectivity index (χ1v) is 5.48. The van der Waals surface area contributed by atoms with Gasteiger partial charge in [0.15, 0.2) is 0 Å². The molecule has 0 aromatic heterocycles. The van der Waals surface area contributed by atoms with Crippen LogP contribution in [0, 0.1) is 5.92 Å². The average Bonchev–Trinajstić information content (AvgIpc) is 2.13. The zero-order valence-electron chi connectivity index (χ0n) is 8.77. The van der Waals surface area contributed by atoms with Crippen LogP contribution >= 0.6 is 11.6 Å². The van der Waals surface area contributed by atoms with Crippen molar-refractivity contribution in [3.05, 3.63) is 0 Å². The number of amides is 1. The smallest absolute Gasteiger partial charge is 0.238 e. The fourth-order valence-electron chi connectivity index (χ4n) is 1.21. The van der Waals surface area contributed by atoms with E-state index in [1.807, 2.05) is 13.8 Å². The van der Waals surface area contributed by atoms with Crippen LogP contribution < -0.4 is 5.32 Å². The largest absolute Gasteiger partial charge is 0.355 e. The third-order valence-corrected chi connectivity index (χ3v) is 2.67. The highest BCUT2D eigenvalue weighted by atomic mass is 35.5. The van der Waals surface area contributed by atoms with Gasteiger partial charge in [-0.1, -0.05) is 27.2 Å². The highest BCUT2D eigenvalue weighted by Crippen LogP contribution is 2.16. The van der Waals surface area contributed by atoms with Crippen molar-refractivity contribution in [2.45, 2.75) is 45.4 Å². The monoisotopic (exact) mass is 205 g/mol. The number of nitrogens with one attached hydrogen (secondary N) is 1. The van der Waals surface area contributed by atoms with Gasteiger partial charge in [0.25, 0.3) is 0 Å². The van der Waals surface area contributed by atoms with Crippen molar-refractivity contribution >= 4 is 17.5 Å². The molecule has 0 aliphatic carbocycles. The molecule has 1 amide bonds. The molecule has 0 bridgehead atoms. The van der Waals surface area contributed by atoms with Gasteiger partial charge in [0.05, 0.1) is 0 Å². The predicted molar refractivity (Wildman–Crippen MR) is 57.0 cm³/mol. The maximum absolute atomic E-state index is 11.4. The molecule has 0 aliphatic heterocycles. The summed E-state index contributed by atoms with van der Waals surface area (Å²) in [5, 5.41) is 2.43. The van der Waals surface area contributed by atoms with Crippen molar-refractivity contribution < 1.29 is 4.79 Å². The summed E-state index contributed by atoms with van der Waals surface area (Å²) in [4.78, 5) is 11.4. The van der Waals surface area contributed by atoms with Gasteiger partial charge in [0.1, 0.15) is 5.38 Å². The summed E-state index contributed by atoms with van der Waals surface area (Å²) in [6, 6.07) is 0. The Morgan fingerprint density at radius 2 is 2.00 bits per heavy atom. The van der Waals surface area contributed by atoms with E-state index < -0.39 is 0 Å². The molecular formula is C10H20ClNO. The fourth-order valence-corrected chi connectivity index (χ4v) is 1.41. The van der Waals surface area contributed by atoms with Crippen molar-refractivity contribution in [1.29, 1.82) is 0 Å². The fraction of sp³-hybridized carbons (Fsp3) is 0.900. The number of carbonyl (C=O) groups is 1. The maximum atomic E-state index is 11.4. The van der Waals surface area contributed by atoms with Gasteiger partial charge >= 0.3 is 0 Å². The molecule has 0 aliphatic rings. The Morgan fingerprint density at radius 3 is 2.46 bits per heavy atom. The first-order chi connectivity index (χ1) is 6.13. The summed E-state index contributed by atoms with van der Waals surface area (Å²) in [5.41, 5.74) is 0. The third-order valence-electron chi connectivity index (χ3n) is 2.04. The topological polar surface area (TPSA) is 29.1 Å². The van der Waals surface area contributed by atoms with Crippen LogP contribution in [0.4, 0.5) is 0 Å². The van der Waals surface area contributed by atoms with Gasteiger partial charge in [0.2, 0.25) is 5.91 Å². The molecule has 0 aromatic rings. The first kappa shape index (κ1) is 12.8. The normalized spacial score (nSPS) is 15.1. The number of halogens is 1. The number of carbonyl (C=O) groups excluding carboxylic acids is 1. The van der Waals surface area contributed by atoms with Crippen LogP contribution in [-0.2, 0) is 4.79 Å². The van der Waals surface area contributed by atoms with E-state index in [9.17, 15) is 4.79 Å². The summed E-state index contributed by atoms with van der Waals surface area (Å²) in [6.45, 7) is 6.87. The lowest BCUT2D eigenvalue weighted by Crippen LogP contribution is -2.35. The van der Waals surface area contributed by atoms with Gasteiger partial charge < -0.3 is 5.32 Å². The Balaban J connectivity index is 3.79. The van der Waals surface area contributed by atoms with Gasteiger partial charge in [-0.3, -0.25) is 4.79 Å². The van der Waals surface area contributed by atoms with E-state index in [2.05, 4.69) is 12.2 Å². The molecule has 0 aromatic carbocycles. The lowest BCUT2D eigenvalue weighted by molar-refractivity contribution is -0.121. The van der Waals surface area contributed by atoms with E-state index in [1.54, 1.807) is 0 Å². The van der Waals surface area contributed by atoms with E-state index in [-0.39, 0.29) is 17.2 Å². The first-order valence-electron chi connectivity index (χ1n) is 5.05. The van der Waals surface area contributed by atoms with Gasteiger partial charge in [-0.05, 0) is 18.8 Å². The van der Waals surface area contributed by atoms with E-state index in [0.29, 0.717) is 0 Å². The molecule has 3 heteroatoms. The molecule has 78 valence electrons. The Morgan fingerprint density at radius 1 is 1.38 bits per heavy atom. The Kier molecular flexibility index (Phi) is 7.06. The van der Waals surface area contributed by atoms with E-state index in [1.165, 1.54) is 0 Å². The lowest BCUT2D eigenvalue weighted by Gasteiger charge is -2.16. The Hall–Kier alpha value is -0.240. The van der Waals surface area contributed by atoms with Crippen molar-refractivity contribution in [2.75, 3.05) is 6.54 Å². The number of rotatable bonds is 6. The van der Waals surface area contributed by atoms with Gasteiger partial charge in [-0.2, -0.15) is 0 Å². The van der Waals surface area contributed by atoms with Crippen LogP contribution in [0.15, 0.2) is 0 Å². The van der Waals surface area contributed by atoms with Crippen LogP contribution in [-0.4, -0.2) is 17.8 Å². The molecule has 1 N–H and O–H groups in total. The van der Waals surface area contributed by atoms with Crippen LogP contribution in [0.25, 0.3) is 0 Å². The van der Waals surface area contributed by atoms with Crippen LogP contribution in [0.2, 0.25) is 0 Å². The number of hydrogen-bond donors (Lipinski definition) is 1. The minimum atomic E-state index is -0.369. The van der Waals surface area contributed by atoms with E-state index in [0.717, 1.165) is 25.8 Å². The van der Waals surface area contributed by atoms with E-state index in [4.69, 9.17) is 11.6 Å². The molecule has 0 spiro atoms. The molecule has 0 saturated carbocycles. The third kappa shape index (κ3) is 5.14. The van der Waals surface area contributed by atoms with Gasteiger partial charge in [-0.15, -0.1) is 11.6 Å². The second-order valence-electron chi connectivity index (χ2n) is 3.46. The quantitative estimate of drug-likeness (QED) is 0.664. The zero-order valence-corrected chi connectivity index (χ0v) is 9.53. The number of hydrogen-bond acceptors (Lipinski definition) is 1. The summed E-state index contributed by atoms with van der Waals surface area (Å²) < 4.78 is 0. The number of alkyl halides is 1. The minimum absolute atomic E-state index is 0.0236. The van der Waals surface area contributed by atoms with Crippen molar-refractivity contribution in [1.82, 2.24) is 5.32 Å². The molecule has 2 atom stereocenters. The molecule has 0 heterocycles. The Labute approximate surface area is 86.0 Å². The molecule has 2 nitrogen and oxygen atoms in total. The molecule has 2 unspecified atom stereocenters. The predicted octanol–water partition coefficient (Wildman–Crippen LogP) is 2.56. The standard InChI is InChI=1S/C10H20ClNO/c1-4-6-8(3)9(11)10(13)12-7-5-2/h8-9H,4-7H2,1-3H3,(H,12,13). The summed E-state index contributed by atoms with van der Waals surface area (Å²) in [6.07, 6.45) is 3.04. The van der Waals surface area contributed by atoms with Crippen molar-refractivity contribution in [3.8, 4) is 0 Å². The molecule has 0 rings (SSSR count). The molecule has 0 saturated heterocycles. The maximum Gasteiger partial charge on any atom is 0.238 e. The van der Waals surface area contributed by atoms with Crippen LogP contribution in [0.1, 0.15) is 40.0 Å².